The fourth-order valence-electron chi connectivity index (χ4n) is 2.57. The molecular weight excluding hydrogens is 250 g/mol. The molecule has 0 bridgehead atoms. The molecule has 1 fully saturated rings. The van der Waals surface area contributed by atoms with E-state index in [4.69, 9.17) is 5.73 Å². The molecule has 3 rings (SSSR count). The van der Waals surface area contributed by atoms with Gasteiger partial charge < -0.3 is 16.0 Å². The standard InChI is InChI=1S/C16H21N3O/c17-14(16(20)18-8-7-11-5-6-11)9-12-10-19-15-4-2-1-3-13(12)15/h1-4,10-11,14,19H,5-9,17H2,(H,18,20)/t14-/m1/s1. The van der Waals surface area contributed by atoms with Crippen LogP contribution < -0.4 is 11.1 Å². The molecule has 0 unspecified atom stereocenters. The number of fused-ring (bicyclic) bond motifs is 1. The third-order valence-corrected chi connectivity index (χ3v) is 4.00. The second kappa shape index (κ2) is 5.67. The second-order valence-corrected chi connectivity index (χ2v) is 5.69. The van der Waals surface area contributed by atoms with Crippen LogP contribution in [0.4, 0.5) is 0 Å². The third-order valence-electron chi connectivity index (χ3n) is 4.00. The molecule has 1 aliphatic carbocycles. The number of H-pyrrole nitrogens is 1. The molecule has 106 valence electrons. The molecule has 1 saturated carbocycles. The summed E-state index contributed by atoms with van der Waals surface area (Å²) < 4.78 is 0. The van der Waals surface area contributed by atoms with E-state index in [1.54, 1.807) is 0 Å². The van der Waals surface area contributed by atoms with E-state index in [-0.39, 0.29) is 5.91 Å². The van der Waals surface area contributed by atoms with Crippen LogP contribution in [0.15, 0.2) is 30.5 Å². The van der Waals surface area contributed by atoms with Crippen molar-refractivity contribution >= 4 is 16.8 Å². The molecule has 1 heterocycles. The van der Waals surface area contributed by atoms with Crippen molar-refractivity contribution in [1.29, 1.82) is 0 Å². The minimum absolute atomic E-state index is 0.0454. The first-order valence-electron chi connectivity index (χ1n) is 7.32. The van der Waals surface area contributed by atoms with Gasteiger partial charge in [0.2, 0.25) is 5.91 Å². The quantitative estimate of drug-likeness (QED) is 0.751. The monoisotopic (exact) mass is 271 g/mol. The van der Waals surface area contributed by atoms with E-state index in [9.17, 15) is 4.79 Å². The molecule has 20 heavy (non-hydrogen) atoms. The fraction of sp³-hybridized carbons (Fsp3) is 0.438. The Morgan fingerprint density at radius 2 is 2.20 bits per heavy atom. The maximum absolute atomic E-state index is 12.0. The smallest absolute Gasteiger partial charge is 0.237 e. The number of para-hydroxylation sites is 1. The summed E-state index contributed by atoms with van der Waals surface area (Å²) in [4.78, 5) is 15.2. The first kappa shape index (κ1) is 13.2. The van der Waals surface area contributed by atoms with Crippen LogP contribution in [0.1, 0.15) is 24.8 Å². The van der Waals surface area contributed by atoms with Gasteiger partial charge in [-0.15, -0.1) is 0 Å². The van der Waals surface area contributed by atoms with Crippen molar-refractivity contribution in [3.8, 4) is 0 Å². The minimum Gasteiger partial charge on any atom is -0.361 e. The number of nitrogens with two attached hydrogens (primary N) is 1. The maximum Gasteiger partial charge on any atom is 0.237 e. The Morgan fingerprint density at radius 1 is 1.40 bits per heavy atom. The largest absolute Gasteiger partial charge is 0.361 e. The first-order chi connectivity index (χ1) is 9.74. The molecule has 0 saturated heterocycles. The van der Waals surface area contributed by atoms with Crippen molar-refractivity contribution in [2.24, 2.45) is 11.7 Å². The molecule has 1 atom stereocenters. The zero-order valence-corrected chi connectivity index (χ0v) is 11.6. The SMILES string of the molecule is N[C@H](Cc1c[nH]c2ccccc12)C(=O)NCCC1CC1. The summed E-state index contributed by atoms with van der Waals surface area (Å²) in [6.07, 6.45) is 6.24. The summed E-state index contributed by atoms with van der Waals surface area (Å²) >= 11 is 0. The number of hydrogen-bond donors (Lipinski definition) is 3. The number of aromatic amines is 1. The highest BCUT2D eigenvalue weighted by atomic mass is 16.2. The summed E-state index contributed by atoms with van der Waals surface area (Å²) in [5.41, 5.74) is 8.20. The molecule has 0 aliphatic heterocycles. The molecule has 4 heteroatoms. The van der Waals surface area contributed by atoms with Gasteiger partial charge in [0.05, 0.1) is 6.04 Å². The number of hydrogen-bond acceptors (Lipinski definition) is 2. The molecule has 1 amide bonds. The van der Waals surface area contributed by atoms with E-state index in [1.165, 1.54) is 12.8 Å². The fourth-order valence-corrected chi connectivity index (χ4v) is 2.57. The van der Waals surface area contributed by atoms with Gasteiger partial charge in [-0.2, -0.15) is 0 Å². The summed E-state index contributed by atoms with van der Waals surface area (Å²) in [5.74, 6) is 0.788. The first-order valence-corrected chi connectivity index (χ1v) is 7.32. The van der Waals surface area contributed by atoms with Crippen molar-refractivity contribution in [2.45, 2.75) is 31.7 Å². The number of amides is 1. The Kier molecular flexibility index (Phi) is 3.74. The van der Waals surface area contributed by atoms with Gasteiger partial charge in [-0.05, 0) is 30.4 Å². The Labute approximate surface area is 118 Å². The predicted molar refractivity (Wildman–Crippen MR) is 80.3 cm³/mol. The summed E-state index contributed by atoms with van der Waals surface area (Å²) in [5, 5.41) is 4.09. The van der Waals surface area contributed by atoms with Gasteiger partial charge >= 0.3 is 0 Å². The van der Waals surface area contributed by atoms with Gasteiger partial charge in [0.1, 0.15) is 0 Å². The number of carbonyl (C=O) groups excluding carboxylic acids is 1. The van der Waals surface area contributed by atoms with E-state index in [0.717, 1.165) is 35.3 Å². The average Bonchev–Trinajstić information content (AvgIpc) is 3.20. The van der Waals surface area contributed by atoms with E-state index < -0.39 is 6.04 Å². The van der Waals surface area contributed by atoms with E-state index in [2.05, 4.69) is 16.4 Å². The van der Waals surface area contributed by atoms with Crippen LogP contribution in [0, 0.1) is 5.92 Å². The van der Waals surface area contributed by atoms with Crippen LogP contribution in [0.5, 0.6) is 0 Å². The van der Waals surface area contributed by atoms with Crippen LogP contribution in [-0.2, 0) is 11.2 Å². The lowest BCUT2D eigenvalue weighted by molar-refractivity contribution is -0.122. The third kappa shape index (κ3) is 3.02. The molecule has 1 aliphatic rings. The van der Waals surface area contributed by atoms with Crippen LogP contribution in [0.2, 0.25) is 0 Å². The highest BCUT2D eigenvalue weighted by Crippen LogP contribution is 2.31. The molecule has 1 aromatic carbocycles. The molecule has 2 aromatic rings. The molecule has 1 aromatic heterocycles. The number of aromatic nitrogens is 1. The summed E-state index contributed by atoms with van der Waals surface area (Å²) in [6.45, 7) is 0.755. The lowest BCUT2D eigenvalue weighted by Gasteiger charge is -2.11. The van der Waals surface area contributed by atoms with Crippen LogP contribution in [0.25, 0.3) is 10.9 Å². The zero-order valence-electron chi connectivity index (χ0n) is 11.6. The van der Waals surface area contributed by atoms with E-state index in [1.807, 2.05) is 24.4 Å². The Bertz CT molecular complexity index is 601. The number of benzene rings is 1. The molecule has 0 radical (unpaired) electrons. The lowest BCUT2D eigenvalue weighted by Crippen LogP contribution is -2.42. The van der Waals surface area contributed by atoms with Gasteiger partial charge in [0, 0.05) is 23.6 Å². The topological polar surface area (TPSA) is 70.9 Å². The van der Waals surface area contributed by atoms with Crippen molar-refractivity contribution in [1.82, 2.24) is 10.3 Å². The van der Waals surface area contributed by atoms with Crippen LogP contribution >= 0.6 is 0 Å². The van der Waals surface area contributed by atoms with Gasteiger partial charge in [-0.1, -0.05) is 31.0 Å². The molecule has 4 nitrogen and oxygen atoms in total. The van der Waals surface area contributed by atoms with Crippen molar-refractivity contribution < 1.29 is 4.79 Å². The molecule has 4 N–H and O–H groups in total. The summed E-state index contributed by atoms with van der Waals surface area (Å²) in [6, 6.07) is 7.60. The second-order valence-electron chi connectivity index (χ2n) is 5.69. The number of rotatable bonds is 6. The molecule has 0 spiro atoms. The highest BCUT2D eigenvalue weighted by Gasteiger charge is 2.21. The van der Waals surface area contributed by atoms with E-state index in [0.29, 0.717) is 6.42 Å². The molecular formula is C16H21N3O. The van der Waals surface area contributed by atoms with Crippen molar-refractivity contribution in [3.63, 3.8) is 0 Å². The number of carbonyl (C=O) groups is 1. The van der Waals surface area contributed by atoms with Gasteiger partial charge in [-0.25, -0.2) is 0 Å². The van der Waals surface area contributed by atoms with Crippen molar-refractivity contribution in [3.05, 3.63) is 36.0 Å². The average molecular weight is 271 g/mol. The number of nitrogens with one attached hydrogen (secondary N) is 2. The zero-order chi connectivity index (χ0) is 13.9. The Hall–Kier alpha value is -1.81. The van der Waals surface area contributed by atoms with Gasteiger partial charge in [-0.3, -0.25) is 4.79 Å². The minimum atomic E-state index is -0.478. The Morgan fingerprint density at radius 3 is 3.00 bits per heavy atom. The maximum atomic E-state index is 12.0. The van der Waals surface area contributed by atoms with Gasteiger partial charge in [0.25, 0.3) is 0 Å². The van der Waals surface area contributed by atoms with Gasteiger partial charge in [0.15, 0.2) is 0 Å². The lowest BCUT2D eigenvalue weighted by atomic mass is 10.1. The normalized spacial score (nSPS) is 16.2. The predicted octanol–water partition coefficient (Wildman–Crippen LogP) is 1.95. The highest BCUT2D eigenvalue weighted by molar-refractivity contribution is 5.86. The summed E-state index contributed by atoms with van der Waals surface area (Å²) in [7, 11) is 0. The van der Waals surface area contributed by atoms with Crippen LogP contribution in [-0.4, -0.2) is 23.5 Å². The Balaban J connectivity index is 1.56. The van der Waals surface area contributed by atoms with Crippen LogP contribution in [0.3, 0.4) is 0 Å². The van der Waals surface area contributed by atoms with E-state index >= 15 is 0 Å². The van der Waals surface area contributed by atoms with Crippen molar-refractivity contribution in [2.75, 3.05) is 6.54 Å².